The van der Waals surface area contributed by atoms with Crippen molar-refractivity contribution in [1.82, 2.24) is 9.80 Å². The topological polar surface area (TPSA) is 32.8 Å². The van der Waals surface area contributed by atoms with Gasteiger partial charge in [0.25, 0.3) is 0 Å². The van der Waals surface area contributed by atoms with E-state index in [1.165, 1.54) is 12.8 Å². The fourth-order valence-corrected chi connectivity index (χ4v) is 3.63. The van der Waals surface area contributed by atoms with Crippen LogP contribution in [0, 0.1) is 0 Å². The molecule has 2 aliphatic rings. The first kappa shape index (κ1) is 14.0. The molecule has 0 aromatic carbocycles. The van der Waals surface area contributed by atoms with Gasteiger partial charge in [-0.2, -0.15) is 0 Å². The Kier molecular flexibility index (Phi) is 4.70. The molecule has 0 aliphatic carbocycles. The van der Waals surface area contributed by atoms with Crippen molar-refractivity contribution in [3.8, 4) is 0 Å². The van der Waals surface area contributed by atoms with Crippen LogP contribution in [0.2, 0.25) is 0 Å². The molecule has 2 aliphatic heterocycles. The minimum Gasteiger partial charge on any atom is -0.377 e. The minimum absolute atomic E-state index is 0.268. The molecule has 2 saturated heterocycles. The smallest absolute Gasteiger partial charge is 0.227 e. The maximum Gasteiger partial charge on any atom is 0.227 e. The normalized spacial score (nSPS) is 24.2. The van der Waals surface area contributed by atoms with Gasteiger partial charge < -0.3 is 9.64 Å². The van der Waals surface area contributed by atoms with Gasteiger partial charge in [0.05, 0.1) is 12.5 Å². The molecule has 0 N–H and O–H groups in total. The molecule has 3 heterocycles. The lowest BCUT2D eigenvalue weighted by Crippen LogP contribution is -2.50. The summed E-state index contributed by atoms with van der Waals surface area (Å²) in [4.78, 5) is 17.8. The van der Waals surface area contributed by atoms with E-state index >= 15 is 0 Å². The zero-order chi connectivity index (χ0) is 13.8. The minimum atomic E-state index is 0.268. The van der Waals surface area contributed by atoms with Crippen LogP contribution >= 0.6 is 11.3 Å². The van der Waals surface area contributed by atoms with E-state index in [1.54, 1.807) is 11.3 Å². The van der Waals surface area contributed by atoms with Gasteiger partial charge in [0, 0.05) is 44.2 Å². The van der Waals surface area contributed by atoms with Gasteiger partial charge in [0.2, 0.25) is 5.91 Å². The highest BCUT2D eigenvalue weighted by Crippen LogP contribution is 2.15. The van der Waals surface area contributed by atoms with Crippen LogP contribution in [0.3, 0.4) is 0 Å². The molecule has 110 valence electrons. The summed E-state index contributed by atoms with van der Waals surface area (Å²) in [5.41, 5.74) is 0. The van der Waals surface area contributed by atoms with Gasteiger partial charge in [0.1, 0.15) is 0 Å². The molecule has 3 rings (SSSR count). The highest BCUT2D eigenvalue weighted by molar-refractivity contribution is 7.10. The van der Waals surface area contributed by atoms with Gasteiger partial charge in [-0.3, -0.25) is 9.69 Å². The summed E-state index contributed by atoms with van der Waals surface area (Å²) in [6.07, 6.45) is 3.37. The first-order valence-corrected chi connectivity index (χ1v) is 8.33. The van der Waals surface area contributed by atoms with Crippen molar-refractivity contribution in [3.63, 3.8) is 0 Å². The van der Waals surface area contributed by atoms with Crippen LogP contribution < -0.4 is 0 Å². The molecule has 1 aromatic heterocycles. The number of nitrogens with zero attached hydrogens (tertiary/aromatic N) is 2. The van der Waals surface area contributed by atoms with E-state index in [0.717, 1.165) is 44.2 Å². The summed E-state index contributed by atoms with van der Waals surface area (Å²) in [6, 6.07) is 4.04. The predicted molar refractivity (Wildman–Crippen MR) is 80.0 cm³/mol. The Morgan fingerprint density at radius 1 is 1.35 bits per heavy atom. The Bertz CT molecular complexity index is 421. The van der Waals surface area contributed by atoms with Gasteiger partial charge >= 0.3 is 0 Å². The molecule has 0 saturated carbocycles. The molecule has 0 radical (unpaired) electrons. The molecule has 5 heteroatoms. The van der Waals surface area contributed by atoms with Crippen LogP contribution in [0.25, 0.3) is 0 Å². The number of amides is 1. The van der Waals surface area contributed by atoms with Gasteiger partial charge in [-0.15, -0.1) is 11.3 Å². The first-order chi connectivity index (χ1) is 9.81. The van der Waals surface area contributed by atoms with Crippen LogP contribution in [0.5, 0.6) is 0 Å². The Morgan fingerprint density at radius 3 is 2.85 bits per heavy atom. The quantitative estimate of drug-likeness (QED) is 0.846. The number of piperazine rings is 1. The first-order valence-electron chi connectivity index (χ1n) is 7.45. The third-order valence-electron chi connectivity index (χ3n) is 4.12. The second kappa shape index (κ2) is 6.70. The van der Waals surface area contributed by atoms with Crippen molar-refractivity contribution < 1.29 is 9.53 Å². The molecular weight excluding hydrogens is 272 g/mol. The summed E-state index contributed by atoms with van der Waals surface area (Å²) < 4.78 is 5.68. The summed E-state index contributed by atoms with van der Waals surface area (Å²) in [5, 5.41) is 2.03. The van der Waals surface area contributed by atoms with E-state index < -0.39 is 0 Å². The molecule has 0 unspecified atom stereocenters. The molecular formula is C15H22N2O2S. The molecule has 2 fully saturated rings. The second-order valence-electron chi connectivity index (χ2n) is 5.57. The van der Waals surface area contributed by atoms with Crippen molar-refractivity contribution >= 4 is 17.2 Å². The lowest BCUT2D eigenvalue weighted by Gasteiger charge is -2.35. The maximum absolute atomic E-state index is 12.2. The third-order valence-corrected chi connectivity index (χ3v) is 4.99. The Hall–Kier alpha value is -0.910. The Balaban J connectivity index is 1.42. The zero-order valence-corrected chi connectivity index (χ0v) is 12.6. The van der Waals surface area contributed by atoms with Crippen molar-refractivity contribution in [2.24, 2.45) is 0 Å². The van der Waals surface area contributed by atoms with E-state index in [0.29, 0.717) is 12.5 Å². The molecule has 0 spiro atoms. The van der Waals surface area contributed by atoms with E-state index in [4.69, 9.17) is 4.74 Å². The average molecular weight is 294 g/mol. The summed E-state index contributed by atoms with van der Waals surface area (Å²) in [7, 11) is 0. The van der Waals surface area contributed by atoms with E-state index in [-0.39, 0.29) is 5.91 Å². The largest absolute Gasteiger partial charge is 0.377 e. The van der Waals surface area contributed by atoms with Crippen molar-refractivity contribution in [2.75, 3.05) is 39.3 Å². The Labute approximate surface area is 124 Å². The van der Waals surface area contributed by atoms with E-state index in [9.17, 15) is 4.79 Å². The fourth-order valence-electron chi connectivity index (χ4n) is 2.93. The zero-order valence-electron chi connectivity index (χ0n) is 11.8. The highest BCUT2D eigenvalue weighted by atomic mass is 32.1. The van der Waals surface area contributed by atoms with Crippen LogP contribution in [0.1, 0.15) is 17.7 Å². The number of carbonyl (C=O) groups is 1. The number of hydrogen-bond donors (Lipinski definition) is 0. The SMILES string of the molecule is O=C(Cc1cccs1)N1CCN(C[C@H]2CCCO2)CC1. The molecule has 1 amide bonds. The van der Waals surface area contributed by atoms with Crippen LogP contribution in [-0.4, -0.2) is 61.1 Å². The van der Waals surface area contributed by atoms with Crippen molar-refractivity contribution in [2.45, 2.75) is 25.4 Å². The molecule has 4 nitrogen and oxygen atoms in total. The van der Waals surface area contributed by atoms with Gasteiger partial charge in [-0.05, 0) is 24.3 Å². The summed E-state index contributed by atoms with van der Waals surface area (Å²) >= 11 is 1.66. The van der Waals surface area contributed by atoms with Gasteiger partial charge in [0.15, 0.2) is 0 Å². The molecule has 1 aromatic rings. The van der Waals surface area contributed by atoms with E-state index in [2.05, 4.69) is 4.90 Å². The third kappa shape index (κ3) is 3.59. The van der Waals surface area contributed by atoms with Crippen LogP contribution in [0.15, 0.2) is 17.5 Å². The summed E-state index contributed by atoms with van der Waals surface area (Å²) in [5.74, 6) is 0.268. The average Bonchev–Trinajstić information content (AvgIpc) is 3.13. The highest BCUT2D eigenvalue weighted by Gasteiger charge is 2.24. The molecule has 1 atom stereocenters. The summed E-state index contributed by atoms with van der Waals surface area (Å²) in [6.45, 7) is 5.64. The predicted octanol–water partition coefficient (Wildman–Crippen LogP) is 1.61. The standard InChI is InChI=1S/C15H22N2O2S/c18-15(11-14-4-2-10-20-14)17-7-5-16(6-8-17)12-13-3-1-9-19-13/h2,4,10,13H,1,3,5-9,11-12H2/t13-/m1/s1. The lowest BCUT2D eigenvalue weighted by molar-refractivity contribution is -0.132. The van der Waals surface area contributed by atoms with Crippen LogP contribution in [0.4, 0.5) is 0 Å². The molecule has 0 bridgehead atoms. The van der Waals surface area contributed by atoms with E-state index in [1.807, 2.05) is 22.4 Å². The molecule has 20 heavy (non-hydrogen) atoms. The second-order valence-corrected chi connectivity index (χ2v) is 6.60. The Morgan fingerprint density at radius 2 is 2.20 bits per heavy atom. The lowest BCUT2D eigenvalue weighted by atomic mass is 10.2. The van der Waals surface area contributed by atoms with Gasteiger partial charge in [-0.1, -0.05) is 6.07 Å². The van der Waals surface area contributed by atoms with Crippen molar-refractivity contribution in [1.29, 1.82) is 0 Å². The maximum atomic E-state index is 12.2. The van der Waals surface area contributed by atoms with Crippen molar-refractivity contribution in [3.05, 3.63) is 22.4 Å². The van der Waals surface area contributed by atoms with Gasteiger partial charge in [-0.25, -0.2) is 0 Å². The number of rotatable bonds is 4. The number of hydrogen-bond acceptors (Lipinski definition) is 4. The number of thiophene rings is 1. The monoisotopic (exact) mass is 294 g/mol. The number of carbonyl (C=O) groups excluding carboxylic acids is 1. The van der Waals surface area contributed by atoms with Crippen LogP contribution in [-0.2, 0) is 16.0 Å². The fraction of sp³-hybridized carbons (Fsp3) is 0.667. The number of ether oxygens (including phenoxy) is 1.